The Bertz CT molecular complexity index is 1080. The Morgan fingerprint density at radius 2 is 1.84 bits per heavy atom. The van der Waals surface area contributed by atoms with Crippen LogP contribution >= 0.6 is 11.6 Å². The molecule has 2 heterocycles. The van der Waals surface area contributed by atoms with E-state index in [2.05, 4.69) is 5.32 Å². The van der Waals surface area contributed by atoms with Gasteiger partial charge in [-0.3, -0.25) is 4.79 Å². The van der Waals surface area contributed by atoms with Crippen molar-refractivity contribution in [2.24, 2.45) is 5.92 Å². The molecule has 0 bridgehead atoms. The summed E-state index contributed by atoms with van der Waals surface area (Å²) in [7, 11) is -3.46. The molecule has 1 saturated heterocycles. The molecule has 32 heavy (non-hydrogen) atoms. The molecule has 7 nitrogen and oxygen atoms in total. The first-order valence-electron chi connectivity index (χ1n) is 10.7. The third kappa shape index (κ3) is 5.36. The lowest BCUT2D eigenvalue weighted by Gasteiger charge is -2.31. The lowest BCUT2D eigenvalue weighted by atomic mass is 9.96. The summed E-state index contributed by atoms with van der Waals surface area (Å²) in [5.41, 5.74) is 1.59. The third-order valence-electron chi connectivity index (χ3n) is 5.88. The van der Waals surface area contributed by atoms with Gasteiger partial charge in [-0.2, -0.15) is 0 Å². The van der Waals surface area contributed by atoms with Gasteiger partial charge in [0.2, 0.25) is 15.9 Å². The highest BCUT2D eigenvalue weighted by atomic mass is 35.5. The molecule has 0 saturated carbocycles. The Morgan fingerprint density at radius 3 is 2.56 bits per heavy atom. The average Bonchev–Trinajstić information content (AvgIpc) is 2.78. The number of halogens is 1. The minimum absolute atomic E-state index is 0.0562. The van der Waals surface area contributed by atoms with Crippen LogP contribution in [0.3, 0.4) is 0 Å². The van der Waals surface area contributed by atoms with E-state index in [1.165, 1.54) is 4.31 Å². The molecule has 1 atom stereocenters. The second-order valence-electron chi connectivity index (χ2n) is 8.19. The Kier molecular flexibility index (Phi) is 6.93. The lowest BCUT2D eigenvalue weighted by Crippen LogP contribution is -2.43. The van der Waals surface area contributed by atoms with Crippen molar-refractivity contribution in [3.8, 4) is 11.5 Å². The largest absolute Gasteiger partial charge is 0.486 e. The van der Waals surface area contributed by atoms with E-state index in [1.807, 2.05) is 25.1 Å². The third-order valence-corrected chi connectivity index (χ3v) is 7.97. The number of amides is 1. The standard InChI is InChI=1S/C23H27ClN2O5S/c1-16(19-5-6-21-22(14-19)31-12-11-30-21)25-23(27)18-7-9-26(10-8-18)32(28,29)15-17-3-2-4-20(24)13-17/h2-6,13-14,16,18H,7-12,15H2,1H3,(H,25,27). The van der Waals surface area contributed by atoms with E-state index in [9.17, 15) is 13.2 Å². The summed E-state index contributed by atoms with van der Waals surface area (Å²) in [5.74, 6) is 1.04. The Hall–Kier alpha value is -2.29. The van der Waals surface area contributed by atoms with E-state index >= 15 is 0 Å². The Labute approximate surface area is 193 Å². The summed E-state index contributed by atoms with van der Waals surface area (Å²) in [6.07, 6.45) is 0.989. The van der Waals surface area contributed by atoms with E-state index in [4.69, 9.17) is 21.1 Å². The van der Waals surface area contributed by atoms with Crippen molar-refractivity contribution in [3.05, 3.63) is 58.6 Å². The van der Waals surface area contributed by atoms with Crippen molar-refractivity contribution in [2.45, 2.75) is 31.6 Å². The highest BCUT2D eigenvalue weighted by molar-refractivity contribution is 7.88. The predicted molar refractivity (Wildman–Crippen MR) is 122 cm³/mol. The Morgan fingerprint density at radius 1 is 1.12 bits per heavy atom. The van der Waals surface area contributed by atoms with Gasteiger partial charge in [0, 0.05) is 24.0 Å². The van der Waals surface area contributed by atoms with Gasteiger partial charge >= 0.3 is 0 Å². The minimum atomic E-state index is -3.46. The van der Waals surface area contributed by atoms with Crippen molar-refractivity contribution >= 4 is 27.5 Å². The van der Waals surface area contributed by atoms with Crippen molar-refractivity contribution in [3.63, 3.8) is 0 Å². The maximum atomic E-state index is 12.8. The number of carbonyl (C=O) groups excluding carboxylic acids is 1. The summed E-state index contributed by atoms with van der Waals surface area (Å²) in [4.78, 5) is 12.8. The van der Waals surface area contributed by atoms with Gasteiger partial charge in [-0.25, -0.2) is 12.7 Å². The number of nitrogens with one attached hydrogen (secondary N) is 1. The molecule has 1 amide bonds. The first-order chi connectivity index (χ1) is 15.3. The quantitative estimate of drug-likeness (QED) is 0.686. The van der Waals surface area contributed by atoms with Gasteiger partial charge in [0.05, 0.1) is 11.8 Å². The van der Waals surface area contributed by atoms with E-state index in [0.717, 1.165) is 5.56 Å². The van der Waals surface area contributed by atoms with Crippen LogP contribution in [0, 0.1) is 5.92 Å². The van der Waals surface area contributed by atoms with Gasteiger partial charge in [-0.15, -0.1) is 0 Å². The van der Waals surface area contributed by atoms with E-state index in [0.29, 0.717) is 61.2 Å². The van der Waals surface area contributed by atoms with Crippen molar-refractivity contribution < 1.29 is 22.7 Å². The SMILES string of the molecule is CC(NC(=O)C1CCN(S(=O)(=O)Cc2cccc(Cl)c2)CC1)c1ccc2c(c1)OCCO2. The van der Waals surface area contributed by atoms with E-state index in [-0.39, 0.29) is 23.6 Å². The first-order valence-corrected chi connectivity index (χ1v) is 12.7. The summed E-state index contributed by atoms with van der Waals surface area (Å²) in [6.45, 7) is 3.63. The van der Waals surface area contributed by atoms with Crippen LogP contribution in [-0.4, -0.2) is 44.9 Å². The van der Waals surface area contributed by atoms with Gasteiger partial charge in [0.15, 0.2) is 11.5 Å². The van der Waals surface area contributed by atoms with Crippen LogP contribution in [-0.2, 0) is 20.6 Å². The molecule has 2 aromatic carbocycles. The number of sulfonamides is 1. The summed E-state index contributed by atoms with van der Waals surface area (Å²) >= 11 is 5.97. The number of hydrogen-bond donors (Lipinski definition) is 1. The Balaban J connectivity index is 1.31. The number of carbonyl (C=O) groups is 1. The van der Waals surface area contributed by atoms with Crippen LogP contribution in [0.1, 0.15) is 36.9 Å². The van der Waals surface area contributed by atoms with Gasteiger partial charge in [0.1, 0.15) is 13.2 Å². The van der Waals surface area contributed by atoms with Crippen LogP contribution in [0.25, 0.3) is 0 Å². The van der Waals surface area contributed by atoms with E-state index < -0.39 is 10.0 Å². The van der Waals surface area contributed by atoms with E-state index in [1.54, 1.807) is 24.3 Å². The van der Waals surface area contributed by atoms with Gasteiger partial charge in [-0.1, -0.05) is 29.8 Å². The van der Waals surface area contributed by atoms with Crippen LogP contribution in [0.4, 0.5) is 0 Å². The molecule has 172 valence electrons. The molecule has 2 aliphatic rings. The normalized spacial score (nSPS) is 18.2. The highest BCUT2D eigenvalue weighted by Crippen LogP contribution is 2.33. The molecule has 2 aliphatic heterocycles. The van der Waals surface area contributed by atoms with Crippen LogP contribution in [0.5, 0.6) is 11.5 Å². The number of piperidine rings is 1. The number of benzene rings is 2. The summed E-state index contributed by atoms with van der Waals surface area (Å²) < 4.78 is 38.2. The predicted octanol–water partition coefficient (Wildman–Crippen LogP) is 3.53. The maximum absolute atomic E-state index is 12.8. The van der Waals surface area contributed by atoms with Gasteiger partial charge in [-0.05, 0) is 55.2 Å². The molecule has 4 rings (SSSR count). The first kappa shape index (κ1) is 22.9. The molecular formula is C23H27ClN2O5S. The molecule has 1 unspecified atom stereocenters. The second kappa shape index (κ2) is 9.68. The zero-order valence-electron chi connectivity index (χ0n) is 17.9. The van der Waals surface area contributed by atoms with Crippen LogP contribution in [0.15, 0.2) is 42.5 Å². The molecule has 1 N–H and O–H groups in total. The van der Waals surface area contributed by atoms with Crippen LogP contribution in [0.2, 0.25) is 5.02 Å². The summed E-state index contributed by atoms with van der Waals surface area (Å²) in [5, 5.41) is 3.57. The van der Waals surface area contributed by atoms with Gasteiger partial charge < -0.3 is 14.8 Å². The minimum Gasteiger partial charge on any atom is -0.486 e. The number of ether oxygens (including phenoxy) is 2. The maximum Gasteiger partial charge on any atom is 0.223 e. The monoisotopic (exact) mass is 478 g/mol. The highest BCUT2D eigenvalue weighted by Gasteiger charge is 2.31. The zero-order chi connectivity index (χ0) is 22.7. The molecule has 0 spiro atoms. The number of rotatable bonds is 6. The molecule has 0 aliphatic carbocycles. The second-order valence-corrected chi connectivity index (χ2v) is 10.6. The molecular weight excluding hydrogens is 452 g/mol. The zero-order valence-corrected chi connectivity index (χ0v) is 19.5. The fourth-order valence-corrected chi connectivity index (χ4v) is 5.83. The molecule has 0 radical (unpaired) electrons. The molecule has 9 heteroatoms. The fraction of sp³-hybridized carbons (Fsp3) is 0.435. The number of hydrogen-bond acceptors (Lipinski definition) is 5. The average molecular weight is 479 g/mol. The van der Waals surface area contributed by atoms with Gasteiger partial charge in [0.25, 0.3) is 0 Å². The van der Waals surface area contributed by atoms with Crippen LogP contribution < -0.4 is 14.8 Å². The molecule has 0 aromatic heterocycles. The lowest BCUT2D eigenvalue weighted by molar-refractivity contribution is -0.126. The fourth-order valence-electron chi connectivity index (χ4n) is 4.07. The molecule has 1 fully saturated rings. The smallest absolute Gasteiger partial charge is 0.223 e. The molecule has 2 aromatic rings. The van der Waals surface area contributed by atoms with Crippen molar-refractivity contribution in [1.82, 2.24) is 9.62 Å². The summed E-state index contributed by atoms with van der Waals surface area (Å²) in [6, 6.07) is 12.4. The topological polar surface area (TPSA) is 84.9 Å². The number of nitrogens with zero attached hydrogens (tertiary/aromatic N) is 1. The number of fused-ring (bicyclic) bond motifs is 1. The van der Waals surface area contributed by atoms with Crippen molar-refractivity contribution in [1.29, 1.82) is 0 Å². The van der Waals surface area contributed by atoms with Crippen molar-refractivity contribution in [2.75, 3.05) is 26.3 Å².